The number of nitrogens with one attached hydrogen (secondary N) is 1. The highest BCUT2D eigenvalue weighted by molar-refractivity contribution is 5.32. The summed E-state index contributed by atoms with van der Waals surface area (Å²) < 4.78 is 26.8. The first-order chi connectivity index (χ1) is 8.20. The van der Waals surface area contributed by atoms with E-state index in [9.17, 15) is 8.78 Å². The van der Waals surface area contributed by atoms with Gasteiger partial charge in [-0.2, -0.15) is 5.26 Å². The largest absolute Gasteiger partial charge is 0.307 e. The molecule has 0 radical (unpaired) electrons. The number of hydrogen-bond acceptors (Lipinski definition) is 2. The lowest BCUT2D eigenvalue weighted by Gasteiger charge is -2.15. The van der Waals surface area contributed by atoms with E-state index < -0.39 is 12.0 Å². The number of benzene rings is 1. The van der Waals surface area contributed by atoms with Crippen molar-refractivity contribution in [1.82, 2.24) is 5.32 Å². The number of nitrogens with zero attached hydrogens (tertiary/aromatic N) is 1. The minimum absolute atomic E-state index is 0.162. The fourth-order valence-electron chi connectivity index (χ4n) is 2.15. The van der Waals surface area contributed by atoms with Gasteiger partial charge in [0, 0.05) is 18.2 Å². The van der Waals surface area contributed by atoms with Crippen molar-refractivity contribution >= 4 is 0 Å². The van der Waals surface area contributed by atoms with E-state index in [1.165, 1.54) is 6.07 Å². The molecule has 0 aromatic heterocycles. The third kappa shape index (κ3) is 2.80. The fourth-order valence-corrected chi connectivity index (χ4v) is 2.15. The van der Waals surface area contributed by atoms with Crippen LogP contribution in [0.1, 0.15) is 30.4 Å². The second-order valence-corrected chi connectivity index (χ2v) is 4.35. The summed E-state index contributed by atoms with van der Waals surface area (Å²) in [4.78, 5) is 0. The minimum Gasteiger partial charge on any atom is -0.307 e. The van der Waals surface area contributed by atoms with Gasteiger partial charge in [0.05, 0.1) is 11.6 Å². The molecule has 2 nitrogen and oxygen atoms in total. The maximum Gasteiger partial charge on any atom is 0.129 e. The normalized spacial score (nSPS) is 23.6. The molecule has 1 aliphatic carbocycles. The third-order valence-electron chi connectivity index (χ3n) is 3.17. The van der Waals surface area contributed by atoms with E-state index in [2.05, 4.69) is 5.32 Å². The van der Waals surface area contributed by atoms with Gasteiger partial charge in [0.1, 0.15) is 12.0 Å². The standard InChI is InChI=1S/C13H14F2N2/c14-11-2-1-3-13(11)17-8-10-5-4-9(7-16)6-12(10)15/h4-6,11,13,17H,1-3,8H2. The van der Waals surface area contributed by atoms with Crippen molar-refractivity contribution in [2.75, 3.05) is 0 Å². The molecule has 90 valence electrons. The first-order valence-corrected chi connectivity index (χ1v) is 5.76. The first-order valence-electron chi connectivity index (χ1n) is 5.76. The van der Waals surface area contributed by atoms with Crippen LogP contribution in [0.15, 0.2) is 18.2 Å². The molecular weight excluding hydrogens is 222 g/mol. The van der Waals surface area contributed by atoms with Gasteiger partial charge in [-0.1, -0.05) is 6.07 Å². The maximum absolute atomic E-state index is 13.5. The van der Waals surface area contributed by atoms with Crippen LogP contribution < -0.4 is 5.32 Å². The lowest BCUT2D eigenvalue weighted by atomic mass is 10.1. The van der Waals surface area contributed by atoms with Crippen LogP contribution >= 0.6 is 0 Å². The highest BCUT2D eigenvalue weighted by Crippen LogP contribution is 2.22. The van der Waals surface area contributed by atoms with Crippen LogP contribution in [-0.2, 0) is 6.54 Å². The van der Waals surface area contributed by atoms with Crippen molar-refractivity contribution in [3.05, 3.63) is 35.1 Å². The summed E-state index contributed by atoms with van der Waals surface area (Å²) in [6.45, 7) is 0.308. The van der Waals surface area contributed by atoms with E-state index in [4.69, 9.17) is 5.26 Å². The van der Waals surface area contributed by atoms with Gasteiger partial charge in [0.2, 0.25) is 0 Å². The molecule has 0 heterocycles. The summed E-state index contributed by atoms with van der Waals surface area (Å²) >= 11 is 0. The molecule has 0 spiro atoms. The van der Waals surface area contributed by atoms with Gasteiger partial charge in [-0.15, -0.1) is 0 Å². The van der Waals surface area contributed by atoms with Crippen molar-refractivity contribution in [2.45, 2.75) is 38.0 Å². The Kier molecular flexibility index (Phi) is 3.70. The first kappa shape index (κ1) is 12.0. The molecule has 1 aliphatic rings. The van der Waals surface area contributed by atoms with E-state index in [0.717, 1.165) is 12.8 Å². The highest BCUT2D eigenvalue weighted by Gasteiger charge is 2.26. The molecule has 0 amide bonds. The van der Waals surface area contributed by atoms with E-state index in [0.29, 0.717) is 24.1 Å². The summed E-state index contributed by atoms with van der Waals surface area (Å²) in [5, 5.41) is 11.6. The molecule has 2 unspecified atom stereocenters. The molecule has 1 aromatic rings. The zero-order chi connectivity index (χ0) is 12.3. The Balaban J connectivity index is 1.97. The summed E-state index contributed by atoms with van der Waals surface area (Å²) in [5.41, 5.74) is 0.776. The fraction of sp³-hybridized carbons (Fsp3) is 0.462. The zero-order valence-electron chi connectivity index (χ0n) is 9.42. The molecule has 1 fully saturated rings. The van der Waals surface area contributed by atoms with Gasteiger partial charge >= 0.3 is 0 Å². The topological polar surface area (TPSA) is 35.8 Å². The van der Waals surface area contributed by atoms with Crippen molar-refractivity contribution in [2.24, 2.45) is 0 Å². The molecule has 1 saturated carbocycles. The van der Waals surface area contributed by atoms with Crippen LogP contribution in [0, 0.1) is 17.1 Å². The lowest BCUT2D eigenvalue weighted by molar-refractivity contribution is 0.278. The van der Waals surface area contributed by atoms with Gasteiger partial charge in [0.25, 0.3) is 0 Å². The number of nitriles is 1. The summed E-state index contributed by atoms with van der Waals surface area (Å²) in [6, 6.07) is 6.07. The van der Waals surface area contributed by atoms with Crippen LogP contribution in [-0.4, -0.2) is 12.2 Å². The predicted molar refractivity (Wildman–Crippen MR) is 60.5 cm³/mol. The van der Waals surface area contributed by atoms with E-state index in [-0.39, 0.29) is 6.04 Å². The Labute approximate surface area is 99.3 Å². The average Bonchev–Trinajstić information content (AvgIpc) is 2.73. The average molecular weight is 236 g/mol. The number of alkyl halides is 1. The second-order valence-electron chi connectivity index (χ2n) is 4.35. The monoisotopic (exact) mass is 236 g/mol. The zero-order valence-corrected chi connectivity index (χ0v) is 9.42. The third-order valence-corrected chi connectivity index (χ3v) is 3.17. The minimum atomic E-state index is -0.823. The van der Waals surface area contributed by atoms with Gasteiger partial charge in [-0.25, -0.2) is 8.78 Å². The summed E-state index contributed by atoms with van der Waals surface area (Å²) in [7, 11) is 0. The van der Waals surface area contributed by atoms with Crippen LogP contribution in [0.2, 0.25) is 0 Å². The van der Waals surface area contributed by atoms with Gasteiger partial charge < -0.3 is 5.32 Å². The van der Waals surface area contributed by atoms with Gasteiger partial charge in [0.15, 0.2) is 0 Å². The van der Waals surface area contributed by atoms with Gasteiger partial charge in [-0.3, -0.25) is 0 Å². The van der Waals surface area contributed by atoms with Crippen LogP contribution in [0.3, 0.4) is 0 Å². The molecule has 0 saturated heterocycles. The Morgan fingerprint density at radius 2 is 2.24 bits per heavy atom. The molecule has 17 heavy (non-hydrogen) atoms. The smallest absolute Gasteiger partial charge is 0.129 e. The molecule has 4 heteroatoms. The van der Waals surface area contributed by atoms with Crippen LogP contribution in [0.5, 0.6) is 0 Å². The quantitative estimate of drug-likeness (QED) is 0.875. The van der Waals surface area contributed by atoms with E-state index >= 15 is 0 Å². The molecule has 1 aromatic carbocycles. The number of halogens is 2. The Bertz CT molecular complexity index is 440. The summed E-state index contributed by atoms with van der Waals surface area (Å²) in [5.74, 6) is -0.412. The van der Waals surface area contributed by atoms with Crippen LogP contribution in [0.4, 0.5) is 8.78 Å². The van der Waals surface area contributed by atoms with Crippen molar-refractivity contribution < 1.29 is 8.78 Å². The molecule has 1 N–H and O–H groups in total. The summed E-state index contributed by atoms with van der Waals surface area (Å²) in [6.07, 6.45) is 1.46. The second kappa shape index (κ2) is 5.24. The lowest BCUT2D eigenvalue weighted by Crippen LogP contribution is -2.33. The Morgan fingerprint density at radius 1 is 1.41 bits per heavy atom. The molecule has 2 atom stereocenters. The molecule has 0 aliphatic heterocycles. The number of hydrogen-bond donors (Lipinski definition) is 1. The maximum atomic E-state index is 13.5. The SMILES string of the molecule is N#Cc1ccc(CNC2CCCC2F)c(F)c1. The molecule has 2 rings (SSSR count). The highest BCUT2D eigenvalue weighted by atomic mass is 19.1. The number of rotatable bonds is 3. The van der Waals surface area contributed by atoms with Crippen molar-refractivity contribution in [3.8, 4) is 6.07 Å². The van der Waals surface area contributed by atoms with E-state index in [1.54, 1.807) is 12.1 Å². The van der Waals surface area contributed by atoms with Crippen LogP contribution in [0.25, 0.3) is 0 Å². The van der Waals surface area contributed by atoms with E-state index in [1.807, 2.05) is 6.07 Å². The Morgan fingerprint density at radius 3 is 2.82 bits per heavy atom. The predicted octanol–water partition coefficient (Wildman–Crippen LogP) is 2.68. The Hall–Kier alpha value is -1.47. The molecule has 0 bridgehead atoms. The van der Waals surface area contributed by atoms with Crippen molar-refractivity contribution in [3.63, 3.8) is 0 Å². The molecular formula is C13H14F2N2. The van der Waals surface area contributed by atoms with Gasteiger partial charge in [-0.05, 0) is 31.4 Å². The van der Waals surface area contributed by atoms with Crippen molar-refractivity contribution in [1.29, 1.82) is 5.26 Å².